The number of benzene rings is 1. The molecule has 1 saturated heterocycles. The number of carbonyl (C=O) groups excluding carboxylic acids is 1. The van der Waals surface area contributed by atoms with Gasteiger partial charge in [0, 0.05) is 33.1 Å². The summed E-state index contributed by atoms with van der Waals surface area (Å²) < 4.78 is 1.25. The van der Waals surface area contributed by atoms with Gasteiger partial charge in [-0.3, -0.25) is 4.79 Å². The topological polar surface area (TPSA) is 36.4 Å². The fourth-order valence-corrected chi connectivity index (χ4v) is 3.64. The molecule has 1 aliphatic rings. The number of aryl methyl sites for hydroxylation is 2. The highest BCUT2D eigenvalue weighted by Crippen LogP contribution is 2.32. The van der Waals surface area contributed by atoms with Gasteiger partial charge >= 0.3 is 0 Å². The first-order chi connectivity index (χ1) is 9.56. The summed E-state index contributed by atoms with van der Waals surface area (Å²) in [5, 5.41) is 1.08. The molecule has 2 heterocycles. The fraction of sp³-hybridized carbons (Fsp3) is 0.467. The molecule has 0 radical (unpaired) electrons. The van der Waals surface area contributed by atoms with Crippen molar-refractivity contribution in [2.45, 2.75) is 20.8 Å². The molecule has 0 unspecified atom stereocenters. The molecular formula is C15H19N3OS. The van der Waals surface area contributed by atoms with Gasteiger partial charge in [0.25, 0.3) is 0 Å². The molecule has 0 N–H and O–H groups in total. The van der Waals surface area contributed by atoms with Crippen LogP contribution in [0, 0.1) is 13.8 Å². The molecule has 1 aromatic carbocycles. The lowest BCUT2D eigenvalue weighted by Gasteiger charge is -2.33. The smallest absolute Gasteiger partial charge is 0.219 e. The standard InChI is InChI=1S/C15H19N3OS/c1-10-4-5-13-14(11(10)2)16-15(20-13)18-8-6-17(7-9-18)12(3)19/h4-5H,6-9H2,1-3H3. The highest BCUT2D eigenvalue weighted by Gasteiger charge is 2.21. The van der Waals surface area contributed by atoms with Crippen molar-refractivity contribution in [2.24, 2.45) is 0 Å². The normalized spacial score (nSPS) is 15.9. The number of thiazole rings is 1. The van der Waals surface area contributed by atoms with Crippen LogP contribution in [0.4, 0.5) is 5.13 Å². The van der Waals surface area contributed by atoms with Crippen LogP contribution in [-0.4, -0.2) is 42.0 Å². The summed E-state index contributed by atoms with van der Waals surface area (Å²) in [5.74, 6) is 0.167. The number of carbonyl (C=O) groups is 1. The Morgan fingerprint density at radius 2 is 1.90 bits per heavy atom. The van der Waals surface area contributed by atoms with E-state index >= 15 is 0 Å². The second-order valence-electron chi connectivity index (χ2n) is 5.34. The Morgan fingerprint density at radius 3 is 2.55 bits per heavy atom. The molecule has 1 amide bonds. The number of piperazine rings is 1. The summed E-state index contributed by atoms with van der Waals surface area (Å²) in [5.41, 5.74) is 3.68. The van der Waals surface area contributed by atoms with Gasteiger partial charge in [-0.25, -0.2) is 4.98 Å². The number of rotatable bonds is 1. The van der Waals surface area contributed by atoms with E-state index < -0.39 is 0 Å². The number of hydrogen-bond acceptors (Lipinski definition) is 4. The monoisotopic (exact) mass is 289 g/mol. The highest BCUT2D eigenvalue weighted by molar-refractivity contribution is 7.22. The predicted octanol–water partition coefficient (Wildman–Crippen LogP) is 2.58. The van der Waals surface area contributed by atoms with Crippen molar-refractivity contribution in [2.75, 3.05) is 31.1 Å². The van der Waals surface area contributed by atoms with Gasteiger partial charge < -0.3 is 9.80 Å². The summed E-state index contributed by atoms with van der Waals surface area (Å²) in [4.78, 5) is 20.4. The molecule has 0 aliphatic carbocycles. The zero-order valence-corrected chi connectivity index (χ0v) is 13.0. The quantitative estimate of drug-likeness (QED) is 0.809. The molecular weight excluding hydrogens is 270 g/mol. The molecule has 5 heteroatoms. The van der Waals surface area contributed by atoms with Gasteiger partial charge in [-0.1, -0.05) is 17.4 Å². The molecule has 3 rings (SSSR count). The Labute approximate surface area is 123 Å². The van der Waals surface area contributed by atoms with Gasteiger partial charge in [0.15, 0.2) is 5.13 Å². The molecule has 1 aliphatic heterocycles. The first-order valence-corrected chi connectivity index (χ1v) is 7.75. The summed E-state index contributed by atoms with van der Waals surface area (Å²) in [7, 11) is 0. The van der Waals surface area contributed by atoms with Crippen LogP contribution in [0.5, 0.6) is 0 Å². The number of anilines is 1. The molecule has 1 aromatic heterocycles. The summed E-state index contributed by atoms with van der Waals surface area (Å²) >= 11 is 1.75. The molecule has 2 aromatic rings. The molecule has 0 atom stereocenters. The maximum atomic E-state index is 11.4. The van der Waals surface area contributed by atoms with Gasteiger partial charge in [0.2, 0.25) is 5.91 Å². The maximum Gasteiger partial charge on any atom is 0.219 e. The van der Waals surface area contributed by atoms with Crippen molar-refractivity contribution >= 4 is 32.6 Å². The molecule has 20 heavy (non-hydrogen) atoms. The van der Waals surface area contributed by atoms with Crippen molar-refractivity contribution < 1.29 is 4.79 Å². The lowest BCUT2D eigenvalue weighted by molar-refractivity contribution is -0.129. The molecule has 0 bridgehead atoms. The van der Waals surface area contributed by atoms with E-state index in [1.165, 1.54) is 15.8 Å². The highest BCUT2D eigenvalue weighted by atomic mass is 32.1. The molecule has 0 spiro atoms. The van der Waals surface area contributed by atoms with Crippen molar-refractivity contribution in [3.63, 3.8) is 0 Å². The number of fused-ring (bicyclic) bond motifs is 1. The number of nitrogens with zero attached hydrogens (tertiary/aromatic N) is 3. The molecule has 4 nitrogen and oxygen atoms in total. The Hall–Kier alpha value is -1.62. The minimum atomic E-state index is 0.167. The minimum Gasteiger partial charge on any atom is -0.345 e. The van der Waals surface area contributed by atoms with Crippen molar-refractivity contribution in [1.29, 1.82) is 0 Å². The second-order valence-corrected chi connectivity index (χ2v) is 6.35. The summed E-state index contributed by atoms with van der Waals surface area (Å²) in [6.07, 6.45) is 0. The van der Waals surface area contributed by atoms with Gasteiger partial charge in [0.1, 0.15) is 0 Å². The Morgan fingerprint density at radius 1 is 1.20 bits per heavy atom. The van der Waals surface area contributed by atoms with E-state index in [1.807, 2.05) is 4.90 Å². The lowest BCUT2D eigenvalue weighted by Crippen LogP contribution is -2.48. The van der Waals surface area contributed by atoms with Crippen LogP contribution < -0.4 is 4.90 Å². The third-order valence-corrected chi connectivity index (χ3v) is 5.15. The Bertz CT molecular complexity index is 656. The zero-order valence-electron chi connectivity index (χ0n) is 12.1. The van der Waals surface area contributed by atoms with E-state index in [-0.39, 0.29) is 5.91 Å². The van der Waals surface area contributed by atoms with Crippen molar-refractivity contribution in [1.82, 2.24) is 9.88 Å². The van der Waals surface area contributed by atoms with Crippen LogP contribution in [0.25, 0.3) is 10.2 Å². The largest absolute Gasteiger partial charge is 0.345 e. The van der Waals surface area contributed by atoms with Crippen LogP contribution >= 0.6 is 11.3 Å². The molecule has 106 valence electrons. The van der Waals surface area contributed by atoms with Crippen LogP contribution in [0.1, 0.15) is 18.1 Å². The summed E-state index contributed by atoms with van der Waals surface area (Å²) in [6, 6.07) is 4.32. The summed E-state index contributed by atoms with van der Waals surface area (Å²) in [6.45, 7) is 9.23. The third kappa shape index (κ3) is 2.26. The average Bonchev–Trinajstić information content (AvgIpc) is 2.88. The van der Waals surface area contributed by atoms with E-state index in [4.69, 9.17) is 4.98 Å². The van der Waals surface area contributed by atoms with Gasteiger partial charge in [-0.05, 0) is 31.0 Å². The van der Waals surface area contributed by atoms with E-state index in [1.54, 1.807) is 18.3 Å². The Balaban J connectivity index is 1.85. The second kappa shape index (κ2) is 5.05. The first-order valence-electron chi connectivity index (χ1n) is 6.93. The van der Waals surface area contributed by atoms with Crippen LogP contribution in [-0.2, 0) is 4.79 Å². The van der Waals surface area contributed by atoms with Crippen LogP contribution in [0.3, 0.4) is 0 Å². The van der Waals surface area contributed by atoms with Crippen LogP contribution in [0.2, 0.25) is 0 Å². The van der Waals surface area contributed by atoms with E-state index in [0.717, 1.165) is 36.8 Å². The van der Waals surface area contributed by atoms with Crippen LogP contribution in [0.15, 0.2) is 12.1 Å². The third-order valence-electron chi connectivity index (χ3n) is 4.07. The predicted molar refractivity (Wildman–Crippen MR) is 83.6 cm³/mol. The molecule has 1 fully saturated rings. The SMILES string of the molecule is CC(=O)N1CCN(c2nc3c(C)c(C)ccc3s2)CC1. The van der Waals surface area contributed by atoms with Crippen molar-refractivity contribution in [3.05, 3.63) is 23.3 Å². The first kappa shape index (κ1) is 13.4. The fourth-order valence-electron chi connectivity index (χ4n) is 2.56. The van der Waals surface area contributed by atoms with Gasteiger partial charge in [0.05, 0.1) is 10.2 Å². The molecule has 0 saturated carbocycles. The minimum absolute atomic E-state index is 0.167. The Kier molecular flexibility index (Phi) is 3.38. The maximum absolute atomic E-state index is 11.4. The zero-order chi connectivity index (χ0) is 14.3. The van der Waals surface area contributed by atoms with Crippen molar-refractivity contribution in [3.8, 4) is 0 Å². The van der Waals surface area contributed by atoms with E-state index in [9.17, 15) is 4.79 Å². The van der Waals surface area contributed by atoms with E-state index in [2.05, 4.69) is 30.9 Å². The van der Waals surface area contributed by atoms with Gasteiger partial charge in [-0.2, -0.15) is 0 Å². The number of hydrogen-bond donors (Lipinski definition) is 0. The van der Waals surface area contributed by atoms with Gasteiger partial charge in [-0.15, -0.1) is 0 Å². The number of amides is 1. The lowest BCUT2D eigenvalue weighted by atomic mass is 10.1. The van der Waals surface area contributed by atoms with E-state index in [0.29, 0.717) is 0 Å². The number of aromatic nitrogens is 1. The average molecular weight is 289 g/mol.